The van der Waals surface area contributed by atoms with Crippen LogP contribution in [0.25, 0.3) is 11.3 Å². The second kappa shape index (κ2) is 4.02. The molecular formula is C13H14N2O. The summed E-state index contributed by atoms with van der Waals surface area (Å²) in [5.74, 6) is 0. The lowest BCUT2D eigenvalue weighted by atomic mass is 9.99. The largest absolute Gasteiger partial charge is 0.386 e. The predicted molar refractivity (Wildman–Crippen MR) is 62.7 cm³/mol. The van der Waals surface area contributed by atoms with E-state index in [1.165, 1.54) is 0 Å². The van der Waals surface area contributed by atoms with E-state index in [0.717, 1.165) is 16.8 Å². The highest BCUT2D eigenvalue weighted by atomic mass is 16.3. The van der Waals surface area contributed by atoms with Crippen LogP contribution in [0.15, 0.2) is 42.6 Å². The molecule has 0 saturated heterocycles. The van der Waals surface area contributed by atoms with Crippen molar-refractivity contribution in [1.29, 1.82) is 0 Å². The summed E-state index contributed by atoms with van der Waals surface area (Å²) in [6, 6.07) is 11.7. The summed E-state index contributed by atoms with van der Waals surface area (Å²) >= 11 is 0. The smallest absolute Gasteiger partial charge is 0.0933 e. The van der Waals surface area contributed by atoms with Gasteiger partial charge in [0, 0.05) is 11.1 Å². The van der Waals surface area contributed by atoms with E-state index >= 15 is 0 Å². The summed E-state index contributed by atoms with van der Waals surface area (Å²) in [5, 5.41) is 17.9. The Balaban J connectivity index is 2.45. The van der Waals surface area contributed by atoms with Gasteiger partial charge in [0.2, 0.25) is 0 Å². The number of aliphatic hydroxyl groups is 1. The highest BCUT2D eigenvalue weighted by Crippen LogP contribution is 2.23. The van der Waals surface area contributed by atoms with Crippen molar-refractivity contribution in [2.24, 2.45) is 0 Å². The van der Waals surface area contributed by atoms with Crippen LogP contribution in [0.2, 0.25) is 0 Å². The van der Waals surface area contributed by atoms with E-state index < -0.39 is 5.60 Å². The van der Waals surface area contributed by atoms with E-state index in [1.807, 2.05) is 36.4 Å². The lowest BCUT2D eigenvalue weighted by molar-refractivity contribution is 0.0781. The van der Waals surface area contributed by atoms with Crippen molar-refractivity contribution in [2.75, 3.05) is 0 Å². The van der Waals surface area contributed by atoms with Gasteiger partial charge in [0.25, 0.3) is 0 Å². The summed E-state index contributed by atoms with van der Waals surface area (Å²) in [6.45, 7) is 3.47. The highest BCUT2D eigenvalue weighted by molar-refractivity contribution is 5.58. The number of benzene rings is 1. The van der Waals surface area contributed by atoms with Gasteiger partial charge in [-0.3, -0.25) is 0 Å². The van der Waals surface area contributed by atoms with E-state index in [9.17, 15) is 5.11 Å². The third kappa shape index (κ3) is 2.25. The Morgan fingerprint density at radius 3 is 2.44 bits per heavy atom. The van der Waals surface area contributed by atoms with Gasteiger partial charge >= 0.3 is 0 Å². The van der Waals surface area contributed by atoms with Crippen molar-refractivity contribution in [3.8, 4) is 11.3 Å². The third-order valence-electron chi connectivity index (χ3n) is 2.43. The van der Waals surface area contributed by atoms with E-state index in [4.69, 9.17) is 0 Å². The maximum absolute atomic E-state index is 9.89. The fraction of sp³-hybridized carbons (Fsp3) is 0.231. The molecule has 1 heterocycles. The molecule has 0 aliphatic carbocycles. The van der Waals surface area contributed by atoms with Gasteiger partial charge in [0.1, 0.15) is 0 Å². The molecule has 0 radical (unpaired) electrons. The topological polar surface area (TPSA) is 46.0 Å². The van der Waals surface area contributed by atoms with Gasteiger partial charge in [-0.15, -0.1) is 0 Å². The Morgan fingerprint density at radius 2 is 1.81 bits per heavy atom. The van der Waals surface area contributed by atoms with Gasteiger partial charge < -0.3 is 5.11 Å². The molecule has 0 bridgehead atoms. The zero-order valence-corrected chi connectivity index (χ0v) is 9.38. The second-order valence-corrected chi connectivity index (χ2v) is 4.25. The minimum Gasteiger partial charge on any atom is -0.386 e. The molecule has 0 unspecified atom stereocenters. The van der Waals surface area contributed by atoms with Gasteiger partial charge in [-0.1, -0.05) is 30.3 Å². The highest BCUT2D eigenvalue weighted by Gasteiger charge is 2.17. The molecule has 3 nitrogen and oxygen atoms in total. The fourth-order valence-corrected chi connectivity index (χ4v) is 1.45. The van der Waals surface area contributed by atoms with Gasteiger partial charge in [0.15, 0.2) is 0 Å². The molecule has 1 N–H and O–H groups in total. The molecule has 0 atom stereocenters. The summed E-state index contributed by atoms with van der Waals surface area (Å²) in [6.07, 6.45) is 1.59. The first kappa shape index (κ1) is 10.8. The number of rotatable bonds is 2. The van der Waals surface area contributed by atoms with Gasteiger partial charge in [-0.2, -0.15) is 10.2 Å². The molecule has 0 spiro atoms. The maximum atomic E-state index is 9.89. The normalized spacial score (nSPS) is 11.4. The van der Waals surface area contributed by atoms with Crippen molar-refractivity contribution in [1.82, 2.24) is 10.2 Å². The molecule has 0 fully saturated rings. The van der Waals surface area contributed by atoms with Gasteiger partial charge in [-0.05, 0) is 19.9 Å². The first-order valence-corrected chi connectivity index (χ1v) is 5.18. The van der Waals surface area contributed by atoms with Gasteiger partial charge in [0.05, 0.1) is 17.5 Å². The summed E-state index contributed by atoms with van der Waals surface area (Å²) < 4.78 is 0. The molecule has 0 saturated carbocycles. The van der Waals surface area contributed by atoms with Crippen molar-refractivity contribution in [3.05, 3.63) is 48.2 Å². The van der Waals surface area contributed by atoms with Crippen molar-refractivity contribution in [2.45, 2.75) is 19.4 Å². The first-order valence-electron chi connectivity index (χ1n) is 5.18. The van der Waals surface area contributed by atoms with Crippen LogP contribution in [-0.4, -0.2) is 15.3 Å². The Morgan fingerprint density at radius 1 is 1.12 bits per heavy atom. The van der Waals surface area contributed by atoms with E-state index in [-0.39, 0.29) is 0 Å². The lowest BCUT2D eigenvalue weighted by Crippen LogP contribution is -2.16. The van der Waals surface area contributed by atoms with Crippen LogP contribution in [0.1, 0.15) is 19.4 Å². The van der Waals surface area contributed by atoms with Gasteiger partial charge in [-0.25, -0.2) is 0 Å². The molecule has 0 amide bonds. The maximum Gasteiger partial charge on any atom is 0.0933 e. The number of nitrogens with zero attached hydrogens (tertiary/aromatic N) is 2. The van der Waals surface area contributed by atoms with Crippen LogP contribution in [0, 0.1) is 0 Å². The first-order chi connectivity index (χ1) is 7.57. The molecule has 3 heteroatoms. The molecule has 1 aromatic carbocycles. The number of hydrogen-bond acceptors (Lipinski definition) is 3. The summed E-state index contributed by atoms with van der Waals surface area (Å²) in [5.41, 5.74) is 1.65. The van der Waals surface area contributed by atoms with Crippen molar-refractivity contribution < 1.29 is 5.11 Å². The Bertz CT molecular complexity index is 475. The van der Waals surface area contributed by atoms with E-state index in [2.05, 4.69) is 10.2 Å². The zero-order chi connectivity index (χ0) is 11.6. The monoisotopic (exact) mass is 214 g/mol. The third-order valence-corrected chi connectivity index (χ3v) is 2.43. The van der Waals surface area contributed by atoms with Crippen LogP contribution in [-0.2, 0) is 5.60 Å². The Hall–Kier alpha value is -1.74. The SMILES string of the molecule is CC(C)(O)c1cnnc(-c2ccccc2)c1. The van der Waals surface area contributed by atoms with E-state index in [0.29, 0.717) is 0 Å². The van der Waals surface area contributed by atoms with E-state index in [1.54, 1.807) is 20.0 Å². The van der Waals surface area contributed by atoms with Crippen LogP contribution < -0.4 is 0 Å². The molecule has 0 aliphatic rings. The summed E-state index contributed by atoms with van der Waals surface area (Å²) in [7, 11) is 0. The van der Waals surface area contributed by atoms with Crippen molar-refractivity contribution >= 4 is 0 Å². The number of aromatic nitrogens is 2. The Kier molecular flexibility index (Phi) is 2.71. The van der Waals surface area contributed by atoms with Crippen molar-refractivity contribution in [3.63, 3.8) is 0 Å². The lowest BCUT2D eigenvalue weighted by Gasteiger charge is -2.17. The molecule has 82 valence electrons. The molecule has 16 heavy (non-hydrogen) atoms. The Labute approximate surface area is 94.8 Å². The molecule has 0 aliphatic heterocycles. The molecule has 2 aromatic rings. The predicted octanol–water partition coefficient (Wildman–Crippen LogP) is 2.37. The quantitative estimate of drug-likeness (QED) is 0.834. The molecule has 1 aromatic heterocycles. The zero-order valence-electron chi connectivity index (χ0n) is 9.38. The second-order valence-electron chi connectivity index (χ2n) is 4.25. The molecular weight excluding hydrogens is 200 g/mol. The minimum absolute atomic E-state index is 0.765. The standard InChI is InChI=1S/C13H14N2O/c1-13(2,16)11-8-12(15-14-9-11)10-6-4-3-5-7-10/h3-9,16H,1-2H3. The molecule has 2 rings (SSSR count). The van der Waals surface area contributed by atoms with Crippen LogP contribution >= 0.6 is 0 Å². The van der Waals surface area contributed by atoms with Crippen LogP contribution in [0.3, 0.4) is 0 Å². The summed E-state index contributed by atoms with van der Waals surface area (Å²) in [4.78, 5) is 0. The fourth-order valence-electron chi connectivity index (χ4n) is 1.45. The minimum atomic E-state index is -0.889. The average Bonchev–Trinajstić information content (AvgIpc) is 2.29. The van der Waals surface area contributed by atoms with Crippen LogP contribution in [0.4, 0.5) is 0 Å². The number of hydrogen-bond donors (Lipinski definition) is 1. The van der Waals surface area contributed by atoms with Crippen LogP contribution in [0.5, 0.6) is 0 Å². The average molecular weight is 214 g/mol.